The van der Waals surface area contributed by atoms with Gasteiger partial charge in [-0.25, -0.2) is 0 Å². The van der Waals surface area contributed by atoms with Crippen molar-refractivity contribution in [3.63, 3.8) is 0 Å². The summed E-state index contributed by atoms with van der Waals surface area (Å²) < 4.78 is 0. The molecule has 2 rings (SSSR count). The van der Waals surface area contributed by atoms with E-state index in [9.17, 15) is 5.11 Å². The minimum absolute atomic E-state index is 0.186. The van der Waals surface area contributed by atoms with Crippen molar-refractivity contribution >= 4 is 10.9 Å². The molecular formula is C16H21NO. The fourth-order valence-corrected chi connectivity index (χ4v) is 2.28. The number of benzene rings is 1. The fraction of sp³-hybridized carbons (Fsp3) is 0.438. The van der Waals surface area contributed by atoms with Crippen molar-refractivity contribution in [2.24, 2.45) is 5.92 Å². The van der Waals surface area contributed by atoms with Gasteiger partial charge in [-0.15, -0.1) is 0 Å². The van der Waals surface area contributed by atoms with Crippen LogP contribution in [0.25, 0.3) is 10.9 Å². The molecule has 0 aliphatic carbocycles. The smallest absolute Gasteiger partial charge is 0.0702 e. The lowest BCUT2D eigenvalue weighted by Crippen LogP contribution is -2.11. The predicted octanol–water partition coefficient (Wildman–Crippen LogP) is 3.57. The lowest BCUT2D eigenvalue weighted by atomic mass is 9.99. The number of aliphatic hydroxyl groups excluding tert-OH is 1. The van der Waals surface area contributed by atoms with E-state index in [0.717, 1.165) is 24.8 Å². The zero-order valence-corrected chi connectivity index (χ0v) is 11.1. The van der Waals surface area contributed by atoms with E-state index in [1.807, 2.05) is 12.3 Å². The molecule has 0 aliphatic heterocycles. The monoisotopic (exact) mass is 243 g/mol. The molecule has 0 saturated heterocycles. The van der Waals surface area contributed by atoms with Gasteiger partial charge in [0.25, 0.3) is 0 Å². The van der Waals surface area contributed by atoms with Crippen molar-refractivity contribution in [1.82, 2.24) is 4.98 Å². The molecular weight excluding hydrogens is 222 g/mol. The summed E-state index contributed by atoms with van der Waals surface area (Å²) >= 11 is 0. The molecule has 0 spiro atoms. The molecule has 1 N–H and O–H groups in total. The number of aromatic nitrogens is 1. The van der Waals surface area contributed by atoms with Crippen LogP contribution in [-0.4, -0.2) is 16.2 Å². The molecule has 96 valence electrons. The third-order valence-electron chi connectivity index (χ3n) is 3.18. The van der Waals surface area contributed by atoms with E-state index in [1.165, 1.54) is 10.9 Å². The van der Waals surface area contributed by atoms with Gasteiger partial charge < -0.3 is 5.11 Å². The van der Waals surface area contributed by atoms with E-state index in [1.54, 1.807) is 0 Å². The molecule has 2 nitrogen and oxygen atoms in total. The summed E-state index contributed by atoms with van der Waals surface area (Å²) in [6.45, 7) is 4.29. The van der Waals surface area contributed by atoms with Gasteiger partial charge >= 0.3 is 0 Å². The van der Waals surface area contributed by atoms with Crippen LogP contribution in [0.4, 0.5) is 0 Å². The second-order valence-corrected chi connectivity index (χ2v) is 5.35. The number of hydrogen-bond acceptors (Lipinski definition) is 2. The number of nitrogens with zero attached hydrogens (tertiary/aromatic N) is 1. The largest absolute Gasteiger partial charge is 0.393 e. The maximum absolute atomic E-state index is 9.88. The van der Waals surface area contributed by atoms with Crippen molar-refractivity contribution in [3.8, 4) is 0 Å². The molecule has 0 fully saturated rings. The summed E-state index contributed by atoms with van der Waals surface area (Å²) in [6, 6.07) is 10.4. The van der Waals surface area contributed by atoms with Gasteiger partial charge in [0, 0.05) is 11.6 Å². The molecule has 0 saturated carbocycles. The molecule has 1 aromatic carbocycles. The van der Waals surface area contributed by atoms with Crippen LogP contribution in [-0.2, 0) is 6.42 Å². The van der Waals surface area contributed by atoms with Crippen molar-refractivity contribution in [2.75, 3.05) is 0 Å². The first-order chi connectivity index (χ1) is 8.65. The molecule has 2 heteroatoms. The van der Waals surface area contributed by atoms with Crippen LogP contribution in [0.5, 0.6) is 0 Å². The average Bonchev–Trinajstić information content (AvgIpc) is 2.35. The molecule has 1 unspecified atom stereocenters. The standard InChI is InChI=1S/C16H21NO/c1-12(2)10-15(18)7-5-13-6-8-16-14(11-13)4-3-9-17-16/h3-4,6,8-9,11-12,15,18H,5,7,10H2,1-2H3. The van der Waals surface area contributed by atoms with Gasteiger partial charge in [0.2, 0.25) is 0 Å². The molecule has 1 aromatic heterocycles. The Morgan fingerprint density at radius 3 is 2.83 bits per heavy atom. The molecule has 1 atom stereocenters. The Bertz CT molecular complexity index is 507. The first-order valence-electron chi connectivity index (χ1n) is 6.67. The van der Waals surface area contributed by atoms with Gasteiger partial charge in [-0.3, -0.25) is 4.98 Å². The third-order valence-corrected chi connectivity index (χ3v) is 3.18. The van der Waals surface area contributed by atoms with Crippen molar-refractivity contribution < 1.29 is 5.11 Å². The maximum atomic E-state index is 9.88. The maximum Gasteiger partial charge on any atom is 0.0702 e. The quantitative estimate of drug-likeness (QED) is 0.870. The van der Waals surface area contributed by atoms with E-state index >= 15 is 0 Å². The number of aliphatic hydroxyl groups is 1. The second kappa shape index (κ2) is 5.96. The molecule has 1 heterocycles. The highest BCUT2D eigenvalue weighted by Crippen LogP contribution is 2.16. The molecule has 18 heavy (non-hydrogen) atoms. The van der Waals surface area contributed by atoms with Gasteiger partial charge in [-0.2, -0.15) is 0 Å². The summed E-state index contributed by atoms with van der Waals surface area (Å²) in [6.07, 6.45) is 4.28. The van der Waals surface area contributed by atoms with Crippen LogP contribution in [0.3, 0.4) is 0 Å². The van der Waals surface area contributed by atoms with E-state index in [0.29, 0.717) is 5.92 Å². The Morgan fingerprint density at radius 1 is 1.22 bits per heavy atom. The highest BCUT2D eigenvalue weighted by atomic mass is 16.3. The lowest BCUT2D eigenvalue weighted by Gasteiger charge is -2.12. The van der Waals surface area contributed by atoms with Crippen LogP contribution >= 0.6 is 0 Å². The van der Waals surface area contributed by atoms with E-state index in [-0.39, 0.29) is 6.10 Å². The first kappa shape index (κ1) is 13.0. The van der Waals surface area contributed by atoms with Gasteiger partial charge in [-0.05, 0) is 48.9 Å². The zero-order valence-electron chi connectivity index (χ0n) is 11.1. The highest BCUT2D eigenvalue weighted by molar-refractivity contribution is 5.78. The number of aryl methyl sites for hydroxylation is 1. The van der Waals surface area contributed by atoms with E-state index < -0.39 is 0 Å². The fourth-order valence-electron chi connectivity index (χ4n) is 2.28. The summed E-state index contributed by atoms with van der Waals surface area (Å²) in [5.74, 6) is 0.556. The van der Waals surface area contributed by atoms with E-state index in [2.05, 4.69) is 43.1 Å². The van der Waals surface area contributed by atoms with Crippen LogP contribution in [0.1, 0.15) is 32.3 Å². The number of pyridine rings is 1. The van der Waals surface area contributed by atoms with Gasteiger partial charge in [0.05, 0.1) is 11.6 Å². The zero-order chi connectivity index (χ0) is 13.0. The Labute approximate surface area is 109 Å². The topological polar surface area (TPSA) is 33.1 Å². The van der Waals surface area contributed by atoms with Crippen LogP contribution in [0.15, 0.2) is 36.5 Å². The van der Waals surface area contributed by atoms with Crippen molar-refractivity contribution in [3.05, 3.63) is 42.1 Å². The summed E-state index contributed by atoms with van der Waals surface area (Å²) in [4.78, 5) is 4.31. The Hall–Kier alpha value is -1.41. The van der Waals surface area contributed by atoms with Crippen LogP contribution in [0, 0.1) is 5.92 Å². The second-order valence-electron chi connectivity index (χ2n) is 5.35. The number of hydrogen-bond donors (Lipinski definition) is 1. The third kappa shape index (κ3) is 3.54. The average molecular weight is 243 g/mol. The van der Waals surface area contributed by atoms with Crippen LogP contribution < -0.4 is 0 Å². The van der Waals surface area contributed by atoms with Gasteiger partial charge in [-0.1, -0.05) is 26.0 Å². The van der Waals surface area contributed by atoms with E-state index in [4.69, 9.17) is 0 Å². The molecule has 0 bridgehead atoms. The Balaban J connectivity index is 1.99. The van der Waals surface area contributed by atoms with Crippen molar-refractivity contribution in [1.29, 1.82) is 0 Å². The Kier molecular flexibility index (Phi) is 4.32. The number of fused-ring (bicyclic) bond motifs is 1. The summed E-state index contributed by atoms with van der Waals surface area (Å²) in [7, 11) is 0. The molecule has 0 aliphatic rings. The Morgan fingerprint density at radius 2 is 2.06 bits per heavy atom. The lowest BCUT2D eigenvalue weighted by molar-refractivity contribution is 0.140. The van der Waals surface area contributed by atoms with Gasteiger partial charge in [0.15, 0.2) is 0 Å². The molecule has 2 aromatic rings. The molecule has 0 radical (unpaired) electrons. The first-order valence-corrected chi connectivity index (χ1v) is 6.67. The highest BCUT2D eigenvalue weighted by Gasteiger charge is 2.07. The SMILES string of the molecule is CC(C)CC(O)CCc1ccc2ncccc2c1. The molecule has 0 amide bonds. The minimum atomic E-state index is -0.186. The van der Waals surface area contributed by atoms with Crippen molar-refractivity contribution in [2.45, 2.75) is 39.2 Å². The predicted molar refractivity (Wildman–Crippen MR) is 75.5 cm³/mol. The van der Waals surface area contributed by atoms with Crippen LogP contribution in [0.2, 0.25) is 0 Å². The van der Waals surface area contributed by atoms with Gasteiger partial charge in [0.1, 0.15) is 0 Å². The minimum Gasteiger partial charge on any atom is -0.393 e. The summed E-state index contributed by atoms with van der Waals surface area (Å²) in [5.41, 5.74) is 2.31. The summed E-state index contributed by atoms with van der Waals surface area (Å²) in [5, 5.41) is 11.1. The number of rotatable bonds is 5. The normalized spacial score (nSPS) is 13.1.